The lowest BCUT2D eigenvalue weighted by atomic mass is 9.96. The van der Waals surface area contributed by atoms with Crippen molar-refractivity contribution in [2.24, 2.45) is 4.99 Å². The summed E-state index contributed by atoms with van der Waals surface area (Å²) in [5.74, 6) is 0.912. The van der Waals surface area contributed by atoms with Crippen molar-refractivity contribution >= 4 is 41.3 Å². The van der Waals surface area contributed by atoms with Gasteiger partial charge >= 0.3 is 0 Å². The smallest absolute Gasteiger partial charge is 0.191 e. The number of aliphatic imine (C=N–C) groups is 1. The van der Waals surface area contributed by atoms with E-state index in [2.05, 4.69) is 34.8 Å². The van der Waals surface area contributed by atoms with Gasteiger partial charge in [0.15, 0.2) is 5.96 Å². The first kappa shape index (κ1) is 18.9. The zero-order valence-electron chi connectivity index (χ0n) is 13.9. The minimum absolute atomic E-state index is 0. The second kappa shape index (κ2) is 9.17. The summed E-state index contributed by atoms with van der Waals surface area (Å²) in [7, 11) is 0. The summed E-state index contributed by atoms with van der Waals surface area (Å²) in [6, 6.07) is 0.419. The van der Waals surface area contributed by atoms with Gasteiger partial charge in [-0.05, 0) is 32.6 Å². The van der Waals surface area contributed by atoms with Crippen LogP contribution in [0.3, 0.4) is 0 Å². The fourth-order valence-electron chi connectivity index (χ4n) is 3.19. The quantitative estimate of drug-likeness (QED) is 0.398. The number of guanidine groups is 1. The Hall–Kier alpha value is -0.410. The van der Waals surface area contributed by atoms with Crippen LogP contribution in [0, 0.1) is 0 Å². The number of halogens is 1. The molecule has 0 spiro atoms. The summed E-state index contributed by atoms with van der Waals surface area (Å²) in [6.07, 6.45) is 6.27. The standard InChI is InChI=1S/C16H26N4OS.HI/c1-3-15-19-11(10-22-15)7-8-18-16(17-4-2)20-13-9-12-5-6-14(13)21-12;/h10,12-14H,3-9H2,1-2H3,(H2,17,18,20);1H. The molecule has 0 radical (unpaired) electrons. The highest BCUT2D eigenvalue weighted by Crippen LogP contribution is 2.34. The Bertz CT molecular complexity index is 522. The number of rotatable bonds is 6. The third kappa shape index (κ3) is 5.03. The molecule has 3 unspecified atom stereocenters. The number of hydrogen-bond donors (Lipinski definition) is 2. The van der Waals surface area contributed by atoms with Crippen molar-refractivity contribution in [3.8, 4) is 0 Å². The maximum absolute atomic E-state index is 5.90. The van der Waals surface area contributed by atoms with Gasteiger partial charge in [0.05, 0.1) is 29.0 Å². The molecule has 7 heteroatoms. The molecule has 2 saturated heterocycles. The number of aryl methyl sites for hydroxylation is 1. The highest BCUT2D eigenvalue weighted by atomic mass is 127. The molecule has 3 rings (SSSR count). The summed E-state index contributed by atoms with van der Waals surface area (Å²) in [6.45, 7) is 5.89. The van der Waals surface area contributed by atoms with Gasteiger partial charge in [0.2, 0.25) is 0 Å². The molecule has 3 heterocycles. The van der Waals surface area contributed by atoms with Crippen LogP contribution in [0.2, 0.25) is 0 Å². The number of fused-ring (bicyclic) bond motifs is 2. The number of nitrogens with one attached hydrogen (secondary N) is 2. The number of thiazole rings is 1. The lowest BCUT2D eigenvalue weighted by Crippen LogP contribution is -2.47. The number of nitrogens with zero attached hydrogens (tertiary/aromatic N) is 2. The van der Waals surface area contributed by atoms with Gasteiger partial charge in [-0.2, -0.15) is 0 Å². The molecule has 0 saturated carbocycles. The Balaban J connectivity index is 0.00000192. The molecule has 2 bridgehead atoms. The van der Waals surface area contributed by atoms with Crippen LogP contribution >= 0.6 is 35.3 Å². The van der Waals surface area contributed by atoms with Crippen LogP contribution in [-0.2, 0) is 17.6 Å². The third-order valence-electron chi connectivity index (χ3n) is 4.31. The largest absolute Gasteiger partial charge is 0.373 e. The second-order valence-corrected chi connectivity index (χ2v) is 6.90. The van der Waals surface area contributed by atoms with Crippen LogP contribution in [-0.4, -0.2) is 42.3 Å². The van der Waals surface area contributed by atoms with Gasteiger partial charge in [0, 0.05) is 24.9 Å². The van der Waals surface area contributed by atoms with Crippen molar-refractivity contribution in [1.82, 2.24) is 15.6 Å². The van der Waals surface area contributed by atoms with E-state index in [1.807, 2.05) is 0 Å². The normalized spacial score (nSPS) is 26.2. The van der Waals surface area contributed by atoms with Gasteiger partial charge in [-0.15, -0.1) is 35.3 Å². The molecule has 2 fully saturated rings. The Labute approximate surface area is 159 Å². The molecule has 0 aliphatic carbocycles. The van der Waals surface area contributed by atoms with Crippen LogP contribution in [0.15, 0.2) is 10.4 Å². The van der Waals surface area contributed by atoms with E-state index in [0.717, 1.165) is 44.0 Å². The third-order valence-corrected chi connectivity index (χ3v) is 5.35. The van der Waals surface area contributed by atoms with Crippen molar-refractivity contribution in [3.63, 3.8) is 0 Å². The molecule has 2 aliphatic heterocycles. The van der Waals surface area contributed by atoms with E-state index < -0.39 is 0 Å². The minimum Gasteiger partial charge on any atom is -0.373 e. The zero-order chi connectivity index (χ0) is 15.4. The molecule has 23 heavy (non-hydrogen) atoms. The van der Waals surface area contributed by atoms with E-state index in [1.165, 1.54) is 17.8 Å². The van der Waals surface area contributed by atoms with E-state index in [0.29, 0.717) is 18.2 Å². The Morgan fingerprint density at radius 3 is 2.91 bits per heavy atom. The molecule has 2 N–H and O–H groups in total. The van der Waals surface area contributed by atoms with Gasteiger partial charge in [-0.3, -0.25) is 4.99 Å². The molecule has 5 nitrogen and oxygen atoms in total. The highest BCUT2D eigenvalue weighted by Gasteiger charge is 2.41. The highest BCUT2D eigenvalue weighted by molar-refractivity contribution is 14.0. The molecular formula is C16H27IN4OS. The van der Waals surface area contributed by atoms with Crippen LogP contribution < -0.4 is 10.6 Å². The number of aromatic nitrogens is 1. The molecule has 3 atom stereocenters. The van der Waals surface area contributed by atoms with Crippen molar-refractivity contribution < 1.29 is 4.74 Å². The first-order chi connectivity index (χ1) is 10.8. The maximum atomic E-state index is 5.90. The Morgan fingerprint density at radius 2 is 2.30 bits per heavy atom. The Morgan fingerprint density at radius 1 is 1.43 bits per heavy atom. The van der Waals surface area contributed by atoms with E-state index in [4.69, 9.17) is 9.73 Å². The van der Waals surface area contributed by atoms with E-state index in [9.17, 15) is 0 Å². The van der Waals surface area contributed by atoms with Gasteiger partial charge in [-0.1, -0.05) is 6.92 Å². The summed E-state index contributed by atoms with van der Waals surface area (Å²) >= 11 is 1.75. The topological polar surface area (TPSA) is 58.5 Å². The lowest BCUT2D eigenvalue weighted by Gasteiger charge is -2.22. The number of ether oxygens (including phenoxy) is 1. The van der Waals surface area contributed by atoms with E-state index in [-0.39, 0.29) is 24.0 Å². The fraction of sp³-hybridized carbons (Fsp3) is 0.750. The van der Waals surface area contributed by atoms with Crippen LogP contribution in [0.5, 0.6) is 0 Å². The van der Waals surface area contributed by atoms with Crippen molar-refractivity contribution in [2.75, 3.05) is 13.1 Å². The van der Waals surface area contributed by atoms with Crippen molar-refractivity contribution in [1.29, 1.82) is 0 Å². The predicted octanol–water partition coefficient (Wildman–Crippen LogP) is 2.74. The molecule has 1 aromatic rings. The summed E-state index contributed by atoms with van der Waals surface area (Å²) in [5.41, 5.74) is 1.16. The summed E-state index contributed by atoms with van der Waals surface area (Å²) in [4.78, 5) is 9.29. The number of hydrogen-bond acceptors (Lipinski definition) is 4. The van der Waals surface area contributed by atoms with Gasteiger partial charge < -0.3 is 15.4 Å². The molecule has 130 valence electrons. The average Bonchev–Trinajstić information content (AvgIpc) is 3.23. The lowest BCUT2D eigenvalue weighted by molar-refractivity contribution is 0.0992. The van der Waals surface area contributed by atoms with Crippen molar-refractivity contribution in [2.45, 2.75) is 64.2 Å². The fourth-order valence-corrected chi connectivity index (χ4v) is 3.97. The van der Waals surface area contributed by atoms with Gasteiger partial charge in [0.25, 0.3) is 0 Å². The predicted molar refractivity (Wildman–Crippen MR) is 106 cm³/mol. The second-order valence-electron chi connectivity index (χ2n) is 5.96. The SMILES string of the molecule is CCNC(=NCCc1csc(CC)n1)NC1CC2CCC1O2.I. The maximum Gasteiger partial charge on any atom is 0.191 e. The molecule has 0 aromatic carbocycles. The summed E-state index contributed by atoms with van der Waals surface area (Å²) in [5, 5.41) is 10.2. The first-order valence-corrected chi connectivity index (χ1v) is 9.30. The average molecular weight is 450 g/mol. The van der Waals surface area contributed by atoms with E-state index >= 15 is 0 Å². The molecule has 1 aromatic heterocycles. The molecular weight excluding hydrogens is 423 g/mol. The summed E-state index contributed by atoms with van der Waals surface area (Å²) < 4.78 is 5.90. The molecule has 2 aliphatic rings. The zero-order valence-corrected chi connectivity index (χ0v) is 17.0. The monoisotopic (exact) mass is 450 g/mol. The van der Waals surface area contributed by atoms with Crippen molar-refractivity contribution in [3.05, 3.63) is 16.1 Å². The van der Waals surface area contributed by atoms with Gasteiger partial charge in [-0.25, -0.2) is 4.98 Å². The van der Waals surface area contributed by atoms with Crippen LogP contribution in [0.25, 0.3) is 0 Å². The van der Waals surface area contributed by atoms with Gasteiger partial charge in [0.1, 0.15) is 0 Å². The minimum atomic E-state index is 0. The molecule has 0 amide bonds. The van der Waals surface area contributed by atoms with E-state index in [1.54, 1.807) is 11.3 Å². The van der Waals surface area contributed by atoms with Crippen LogP contribution in [0.1, 0.15) is 43.8 Å². The Kier molecular flexibility index (Phi) is 7.55. The first-order valence-electron chi connectivity index (χ1n) is 8.42. The van der Waals surface area contributed by atoms with Crippen LogP contribution in [0.4, 0.5) is 0 Å².